The molecule has 0 aromatic rings. The third-order valence-electron chi connectivity index (χ3n) is 3.48. The number of ether oxygens (including phenoxy) is 1. The van der Waals surface area contributed by atoms with Crippen LogP contribution in [0.4, 0.5) is 4.79 Å². The summed E-state index contributed by atoms with van der Waals surface area (Å²) >= 11 is 0. The number of carbonyl (C=O) groups is 1. The Morgan fingerprint density at radius 3 is 2.62 bits per heavy atom. The smallest absolute Gasteiger partial charge is 0.410 e. The fraction of sp³-hybridized carbons (Fsp3) is 0.917. The monoisotopic (exact) mass is 227 g/mol. The van der Waals surface area contributed by atoms with Crippen molar-refractivity contribution in [2.24, 2.45) is 11.8 Å². The summed E-state index contributed by atoms with van der Waals surface area (Å²) in [6.07, 6.45) is 1.40. The van der Waals surface area contributed by atoms with Crippen LogP contribution in [0, 0.1) is 11.8 Å². The van der Waals surface area contributed by atoms with Gasteiger partial charge in [0.2, 0.25) is 0 Å². The van der Waals surface area contributed by atoms with Gasteiger partial charge in [0.05, 0.1) is 6.10 Å². The van der Waals surface area contributed by atoms with Gasteiger partial charge in [-0.25, -0.2) is 4.79 Å². The molecule has 1 heterocycles. The topological polar surface area (TPSA) is 49.8 Å². The molecule has 0 spiro atoms. The van der Waals surface area contributed by atoms with E-state index in [1.54, 1.807) is 4.90 Å². The van der Waals surface area contributed by atoms with E-state index in [1.807, 2.05) is 20.8 Å². The highest BCUT2D eigenvalue weighted by atomic mass is 16.6. The van der Waals surface area contributed by atoms with E-state index >= 15 is 0 Å². The van der Waals surface area contributed by atoms with E-state index in [0.717, 1.165) is 19.4 Å². The molecule has 2 rings (SSSR count). The number of carbonyl (C=O) groups excluding carboxylic acids is 1. The number of aliphatic hydroxyl groups is 1. The molecule has 0 unspecified atom stereocenters. The molecule has 92 valence electrons. The number of piperidine rings is 1. The molecular formula is C12H21NO3. The summed E-state index contributed by atoms with van der Waals surface area (Å²) < 4.78 is 5.34. The SMILES string of the molecule is CC(C)(C)OC(=O)N1CC[C@H]2[C@H](C[C@H]2O)C1. The molecule has 2 aliphatic rings. The number of amides is 1. The van der Waals surface area contributed by atoms with Crippen molar-refractivity contribution in [3.05, 3.63) is 0 Å². The second-order valence-electron chi connectivity index (χ2n) is 5.94. The number of rotatable bonds is 0. The maximum Gasteiger partial charge on any atom is 0.410 e. The van der Waals surface area contributed by atoms with Crippen molar-refractivity contribution < 1.29 is 14.6 Å². The number of nitrogens with zero attached hydrogens (tertiary/aromatic N) is 1. The Morgan fingerprint density at radius 2 is 2.12 bits per heavy atom. The van der Waals surface area contributed by atoms with Crippen LogP contribution in [0.15, 0.2) is 0 Å². The summed E-state index contributed by atoms with van der Waals surface area (Å²) in [7, 11) is 0. The van der Waals surface area contributed by atoms with Gasteiger partial charge in [0.1, 0.15) is 5.60 Å². The predicted octanol–water partition coefficient (Wildman–Crippen LogP) is 1.62. The van der Waals surface area contributed by atoms with Crippen molar-refractivity contribution in [3.63, 3.8) is 0 Å². The van der Waals surface area contributed by atoms with Crippen molar-refractivity contribution in [1.29, 1.82) is 0 Å². The zero-order valence-corrected chi connectivity index (χ0v) is 10.3. The van der Waals surface area contributed by atoms with Crippen LogP contribution in [-0.4, -0.2) is 40.9 Å². The molecule has 0 aromatic heterocycles. The Hall–Kier alpha value is -0.770. The van der Waals surface area contributed by atoms with E-state index < -0.39 is 5.60 Å². The number of hydrogen-bond acceptors (Lipinski definition) is 3. The molecule has 1 saturated carbocycles. The summed E-state index contributed by atoms with van der Waals surface area (Å²) in [4.78, 5) is 13.6. The lowest BCUT2D eigenvalue weighted by Gasteiger charge is -2.48. The Kier molecular flexibility index (Phi) is 2.86. The third-order valence-corrected chi connectivity index (χ3v) is 3.48. The minimum atomic E-state index is -0.424. The van der Waals surface area contributed by atoms with Crippen LogP contribution in [0.1, 0.15) is 33.6 Å². The summed E-state index contributed by atoms with van der Waals surface area (Å²) in [5.74, 6) is 0.898. The Bertz CT molecular complexity index is 284. The third kappa shape index (κ3) is 2.32. The van der Waals surface area contributed by atoms with Gasteiger partial charge in [-0.3, -0.25) is 0 Å². The maximum atomic E-state index is 11.8. The van der Waals surface area contributed by atoms with Gasteiger partial charge in [-0.05, 0) is 45.4 Å². The largest absolute Gasteiger partial charge is 0.444 e. The lowest BCUT2D eigenvalue weighted by molar-refractivity contribution is -0.0788. The second-order valence-corrected chi connectivity index (χ2v) is 5.94. The van der Waals surface area contributed by atoms with Crippen LogP contribution < -0.4 is 0 Å². The quantitative estimate of drug-likeness (QED) is 0.684. The zero-order valence-electron chi connectivity index (χ0n) is 10.3. The average Bonchev–Trinajstić information content (AvgIpc) is 2.12. The van der Waals surface area contributed by atoms with Gasteiger partial charge >= 0.3 is 6.09 Å². The Balaban J connectivity index is 1.86. The normalized spacial score (nSPS) is 34.0. The number of likely N-dealkylation sites (tertiary alicyclic amines) is 1. The second kappa shape index (κ2) is 3.91. The minimum absolute atomic E-state index is 0.134. The lowest BCUT2D eigenvalue weighted by Crippen LogP contribution is -2.54. The Labute approximate surface area is 96.6 Å². The van der Waals surface area contributed by atoms with Gasteiger partial charge in [0.25, 0.3) is 0 Å². The van der Waals surface area contributed by atoms with E-state index in [1.165, 1.54) is 0 Å². The van der Waals surface area contributed by atoms with Crippen molar-refractivity contribution in [1.82, 2.24) is 4.90 Å². The first-order chi connectivity index (χ1) is 7.37. The van der Waals surface area contributed by atoms with Crippen molar-refractivity contribution in [3.8, 4) is 0 Å². The first kappa shape index (κ1) is 11.7. The lowest BCUT2D eigenvalue weighted by atomic mass is 9.67. The van der Waals surface area contributed by atoms with Crippen LogP contribution in [0.25, 0.3) is 0 Å². The van der Waals surface area contributed by atoms with Crippen LogP contribution >= 0.6 is 0 Å². The molecule has 4 heteroatoms. The molecule has 2 fully saturated rings. The minimum Gasteiger partial charge on any atom is -0.444 e. The maximum absolute atomic E-state index is 11.8. The molecule has 0 bridgehead atoms. The highest BCUT2D eigenvalue weighted by molar-refractivity contribution is 5.68. The van der Waals surface area contributed by atoms with Gasteiger partial charge in [-0.1, -0.05) is 0 Å². The van der Waals surface area contributed by atoms with E-state index in [-0.39, 0.29) is 12.2 Å². The van der Waals surface area contributed by atoms with Crippen molar-refractivity contribution >= 4 is 6.09 Å². The van der Waals surface area contributed by atoms with Gasteiger partial charge in [-0.2, -0.15) is 0 Å². The number of aliphatic hydroxyl groups excluding tert-OH is 1. The molecule has 1 amide bonds. The summed E-state index contributed by atoms with van der Waals surface area (Å²) in [6.45, 7) is 7.10. The van der Waals surface area contributed by atoms with Crippen molar-refractivity contribution in [2.45, 2.75) is 45.3 Å². The molecule has 1 saturated heterocycles. The summed E-state index contributed by atoms with van der Waals surface area (Å²) in [6, 6.07) is 0. The molecule has 0 aromatic carbocycles. The molecular weight excluding hydrogens is 206 g/mol. The highest BCUT2D eigenvalue weighted by Gasteiger charge is 2.44. The molecule has 4 nitrogen and oxygen atoms in total. The number of fused-ring (bicyclic) bond motifs is 1. The molecule has 0 radical (unpaired) electrons. The highest BCUT2D eigenvalue weighted by Crippen LogP contribution is 2.40. The molecule has 1 aliphatic carbocycles. The van der Waals surface area contributed by atoms with Crippen LogP contribution in [0.2, 0.25) is 0 Å². The Morgan fingerprint density at radius 1 is 1.44 bits per heavy atom. The van der Waals surface area contributed by atoms with Crippen LogP contribution in [-0.2, 0) is 4.74 Å². The number of hydrogen-bond donors (Lipinski definition) is 1. The van der Waals surface area contributed by atoms with Gasteiger partial charge in [-0.15, -0.1) is 0 Å². The molecule has 3 atom stereocenters. The van der Waals surface area contributed by atoms with Crippen LogP contribution in [0.5, 0.6) is 0 Å². The fourth-order valence-electron chi connectivity index (χ4n) is 2.59. The van der Waals surface area contributed by atoms with Crippen LogP contribution in [0.3, 0.4) is 0 Å². The summed E-state index contributed by atoms with van der Waals surface area (Å²) in [5, 5.41) is 9.52. The summed E-state index contributed by atoms with van der Waals surface area (Å²) in [5.41, 5.74) is -0.424. The van der Waals surface area contributed by atoms with E-state index in [2.05, 4.69) is 0 Å². The zero-order chi connectivity index (χ0) is 11.9. The van der Waals surface area contributed by atoms with E-state index in [4.69, 9.17) is 4.74 Å². The average molecular weight is 227 g/mol. The fourth-order valence-corrected chi connectivity index (χ4v) is 2.59. The molecule has 1 aliphatic heterocycles. The van der Waals surface area contributed by atoms with Crippen molar-refractivity contribution in [2.75, 3.05) is 13.1 Å². The van der Waals surface area contributed by atoms with Gasteiger partial charge in [0, 0.05) is 13.1 Å². The molecule has 16 heavy (non-hydrogen) atoms. The van der Waals surface area contributed by atoms with E-state index in [0.29, 0.717) is 18.4 Å². The predicted molar refractivity (Wildman–Crippen MR) is 60.0 cm³/mol. The molecule has 1 N–H and O–H groups in total. The first-order valence-electron chi connectivity index (χ1n) is 6.03. The first-order valence-corrected chi connectivity index (χ1v) is 6.03. The standard InChI is InChI=1S/C12H21NO3/c1-12(2,3)16-11(15)13-5-4-9-8(7-13)6-10(9)14/h8-10,14H,4-7H2,1-3H3/t8-,9+,10-/m1/s1. The van der Waals surface area contributed by atoms with E-state index in [9.17, 15) is 9.90 Å². The van der Waals surface area contributed by atoms with Gasteiger partial charge in [0.15, 0.2) is 0 Å². The van der Waals surface area contributed by atoms with Gasteiger partial charge < -0.3 is 14.7 Å².